The SMILES string of the molecule is CC1CN(C(=O)c2ccc(C(C)(C)C)cc2)C(C)CN1. The Labute approximate surface area is 122 Å². The predicted molar refractivity (Wildman–Crippen MR) is 83.1 cm³/mol. The van der Waals surface area contributed by atoms with Gasteiger partial charge in [-0.1, -0.05) is 32.9 Å². The normalized spacial score (nSPS) is 23.8. The summed E-state index contributed by atoms with van der Waals surface area (Å²) in [4.78, 5) is 14.6. The molecule has 1 fully saturated rings. The Morgan fingerprint density at radius 1 is 1.20 bits per heavy atom. The molecule has 20 heavy (non-hydrogen) atoms. The molecule has 2 unspecified atom stereocenters. The maximum atomic E-state index is 12.6. The Hall–Kier alpha value is -1.35. The Bertz CT molecular complexity index is 473. The van der Waals surface area contributed by atoms with Crippen molar-refractivity contribution in [3.63, 3.8) is 0 Å². The smallest absolute Gasteiger partial charge is 0.254 e. The van der Waals surface area contributed by atoms with E-state index >= 15 is 0 Å². The highest BCUT2D eigenvalue weighted by atomic mass is 16.2. The van der Waals surface area contributed by atoms with Gasteiger partial charge in [-0.2, -0.15) is 0 Å². The van der Waals surface area contributed by atoms with Crippen LogP contribution in [0.3, 0.4) is 0 Å². The van der Waals surface area contributed by atoms with Crippen LogP contribution in [-0.4, -0.2) is 36.0 Å². The van der Waals surface area contributed by atoms with Gasteiger partial charge in [0.25, 0.3) is 5.91 Å². The number of benzene rings is 1. The molecule has 0 aromatic heterocycles. The van der Waals surface area contributed by atoms with E-state index in [9.17, 15) is 4.79 Å². The van der Waals surface area contributed by atoms with E-state index in [-0.39, 0.29) is 17.4 Å². The summed E-state index contributed by atoms with van der Waals surface area (Å²) in [5.41, 5.74) is 2.17. The Morgan fingerprint density at radius 3 is 2.35 bits per heavy atom. The van der Waals surface area contributed by atoms with Crippen LogP contribution in [-0.2, 0) is 5.41 Å². The lowest BCUT2D eigenvalue weighted by molar-refractivity contribution is 0.0616. The average molecular weight is 274 g/mol. The number of carbonyl (C=O) groups is 1. The van der Waals surface area contributed by atoms with Gasteiger partial charge in [-0.25, -0.2) is 0 Å². The van der Waals surface area contributed by atoms with Crippen LogP contribution >= 0.6 is 0 Å². The van der Waals surface area contributed by atoms with E-state index in [0.29, 0.717) is 6.04 Å². The van der Waals surface area contributed by atoms with E-state index in [1.165, 1.54) is 5.56 Å². The second-order valence-corrected chi connectivity index (χ2v) is 6.94. The molecule has 3 heteroatoms. The second kappa shape index (κ2) is 5.57. The summed E-state index contributed by atoms with van der Waals surface area (Å²) >= 11 is 0. The molecule has 1 aromatic carbocycles. The molecular formula is C17H26N2O. The van der Waals surface area contributed by atoms with Crippen LogP contribution in [0.1, 0.15) is 50.5 Å². The highest BCUT2D eigenvalue weighted by Crippen LogP contribution is 2.23. The van der Waals surface area contributed by atoms with E-state index < -0.39 is 0 Å². The number of carbonyl (C=O) groups excluding carboxylic acids is 1. The third-order valence-corrected chi connectivity index (χ3v) is 4.02. The number of rotatable bonds is 1. The maximum absolute atomic E-state index is 12.6. The van der Waals surface area contributed by atoms with Crippen molar-refractivity contribution in [1.29, 1.82) is 0 Å². The lowest BCUT2D eigenvalue weighted by Gasteiger charge is -2.37. The van der Waals surface area contributed by atoms with Crippen LogP contribution in [0, 0.1) is 0 Å². The summed E-state index contributed by atoms with van der Waals surface area (Å²) in [7, 11) is 0. The van der Waals surface area contributed by atoms with E-state index in [1.54, 1.807) is 0 Å². The molecule has 1 aromatic rings. The number of amides is 1. The number of nitrogens with zero attached hydrogens (tertiary/aromatic N) is 1. The van der Waals surface area contributed by atoms with Crippen molar-refractivity contribution in [2.45, 2.75) is 52.1 Å². The van der Waals surface area contributed by atoms with Gasteiger partial charge in [0.05, 0.1) is 0 Å². The third-order valence-electron chi connectivity index (χ3n) is 4.02. The monoisotopic (exact) mass is 274 g/mol. The maximum Gasteiger partial charge on any atom is 0.254 e. The van der Waals surface area contributed by atoms with Gasteiger partial charge < -0.3 is 10.2 Å². The third kappa shape index (κ3) is 3.21. The van der Waals surface area contributed by atoms with Gasteiger partial charge in [0.2, 0.25) is 0 Å². The van der Waals surface area contributed by atoms with Crippen LogP contribution in [0.2, 0.25) is 0 Å². The van der Waals surface area contributed by atoms with Gasteiger partial charge in [-0.05, 0) is 37.0 Å². The van der Waals surface area contributed by atoms with Gasteiger partial charge in [0.1, 0.15) is 0 Å². The van der Waals surface area contributed by atoms with Crippen molar-refractivity contribution in [3.8, 4) is 0 Å². The lowest BCUT2D eigenvalue weighted by atomic mass is 9.86. The van der Waals surface area contributed by atoms with E-state index in [0.717, 1.165) is 18.7 Å². The first-order valence-corrected chi connectivity index (χ1v) is 7.44. The molecule has 1 aliphatic rings. The molecule has 2 atom stereocenters. The average Bonchev–Trinajstić information content (AvgIpc) is 2.40. The fourth-order valence-electron chi connectivity index (χ4n) is 2.58. The topological polar surface area (TPSA) is 32.3 Å². The summed E-state index contributed by atoms with van der Waals surface area (Å²) in [6, 6.07) is 8.68. The first-order chi connectivity index (χ1) is 9.29. The van der Waals surface area contributed by atoms with Crippen molar-refractivity contribution >= 4 is 5.91 Å². The number of hydrogen-bond donors (Lipinski definition) is 1. The van der Waals surface area contributed by atoms with Crippen molar-refractivity contribution in [1.82, 2.24) is 10.2 Å². The molecule has 0 radical (unpaired) electrons. The molecule has 1 aliphatic heterocycles. The molecule has 0 saturated carbocycles. The molecule has 1 heterocycles. The molecule has 1 amide bonds. The quantitative estimate of drug-likeness (QED) is 0.854. The number of hydrogen-bond acceptors (Lipinski definition) is 2. The Kier molecular flexibility index (Phi) is 4.19. The lowest BCUT2D eigenvalue weighted by Crippen LogP contribution is -2.56. The minimum absolute atomic E-state index is 0.123. The van der Waals surface area contributed by atoms with Crippen molar-refractivity contribution in [2.24, 2.45) is 0 Å². The summed E-state index contributed by atoms with van der Waals surface area (Å²) in [5.74, 6) is 0.145. The molecule has 2 rings (SSSR count). The van der Waals surface area contributed by atoms with E-state index in [1.807, 2.05) is 17.0 Å². The Morgan fingerprint density at radius 2 is 1.80 bits per heavy atom. The van der Waals surface area contributed by atoms with Crippen LogP contribution in [0.25, 0.3) is 0 Å². The molecule has 1 N–H and O–H groups in total. The number of piperazine rings is 1. The number of nitrogens with one attached hydrogen (secondary N) is 1. The molecule has 0 spiro atoms. The molecule has 110 valence electrons. The summed E-state index contributed by atoms with van der Waals surface area (Å²) < 4.78 is 0. The van der Waals surface area contributed by atoms with Crippen LogP contribution in [0.15, 0.2) is 24.3 Å². The zero-order valence-electron chi connectivity index (χ0n) is 13.2. The zero-order chi connectivity index (χ0) is 14.9. The van der Waals surface area contributed by atoms with Crippen LogP contribution in [0.5, 0.6) is 0 Å². The van der Waals surface area contributed by atoms with E-state index in [4.69, 9.17) is 0 Å². The molecule has 0 aliphatic carbocycles. The minimum atomic E-state index is 0.123. The first kappa shape index (κ1) is 15.0. The molecule has 1 saturated heterocycles. The van der Waals surface area contributed by atoms with Gasteiger partial charge in [-0.3, -0.25) is 4.79 Å². The Balaban J connectivity index is 2.16. The van der Waals surface area contributed by atoms with Crippen LogP contribution < -0.4 is 5.32 Å². The minimum Gasteiger partial charge on any atom is -0.333 e. The van der Waals surface area contributed by atoms with E-state index in [2.05, 4.69) is 52.1 Å². The van der Waals surface area contributed by atoms with Crippen molar-refractivity contribution < 1.29 is 4.79 Å². The van der Waals surface area contributed by atoms with Crippen molar-refractivity contribution in [2.75, 3.05) is 13.1 Å². The first-order valence-electron chi connectivity index (χ1n) is 7.44. The van der Waals surface area contributed by atoms with Gasteiger partial charge >= 0.3 is 0 Å². The fourth-order valence-corrected chi connectivity index (χ4v) is 2.58. The molecule has 0 bridgehead atoms. The summed E-state index contributed by atoms with van der Waals surface area (Å²) in [5, 5.41) is 3.40. The molecular weight excluding hydrogens is 248 g/mol. The largest absolute Gasteiger partial charge is 0.333 e. The van der Waals surface area contributed by atoms with Gasteiger partial charge in [0, 0.05) is 30.7 Å². The summed E-state index contributed by atoms with van der Waals surface area (Å²) in [6.45, 7) is 12.4. The fraction of sp³-hybridized carbons (Fsp3) is 0.588. The second-order valence-electron chi connectivity index (χ2n) is 6.94. The van der Waals surface area contributed by atoms with Gasteiger partial charge in [0.15, 0.2) is 0 Å². The molecule has 3 nitrogen and oxygen atoms in total. The summed E-state index contributed by atoms with van der Waals surface area (Å²) in [6.07, 6.45) is 0. The standard InChI is InChI=1S/C17H26N2O/c1-12-11-19(13(2)10-18-12)16(20)14-6-8-15(9-7-14)17(3,4)5/h6-9,12-13,18H,10-11H2,1-5H3. The highest BCUT2D eigenvalue weighted by molar-refractivity contribution is 5.94. The van der Waals surface area contributed by atoms with Gasteiger partial charge in [-0.15, -0.1) is 0 Å². The van der Waals surface area contributed by atoms with Crippen LogP contribution in [0.4, 0.5) is 0 Å². The highest BCUT2D eigenvalue weighted by Gasteiger charge is 2.27. The van der Waals surface area contributed by atoms with Crippen molar-refractivity contribution in [3.05, 3.63) is 35.4 Å². The predicted octanol–water partition coefficient (Wildman–Crippen LogP) is 2.81. The zero-order valence-corrected chi connectivity index (χ0v) is 13.2.